The number of rotatable bonds is 16. The molecule has 1 aliphatic carbocycles. The van der Waals surface area contributed by atoms with Crippen LogP contribution in [0.4, 0.5) is 0 Å². The molecule has 0 heterocycles. The van der Waals surface area contributed by atoms with Crippen molar-refractivity contribution < 1.29 is 33.2 Å². The zero-order valence-corrected chi connectivity index (χ0v) is 26.7. The summed E-state index contributed by atoms with van der Waals surface area (Å²) in [6, 6.07) is 7.52. The Labute approximate surface area is 261 Å². The lowest BCUT2D eigenvalue weighted by Gasteiger charge is -2.28. The van der Waals surface area contributed by atoms with Crippen LogP contribution in [0.3, 0.4) is 0 Å². The maximum Gasteiger partial charge on any atom is 0.243 e. The number of amides is 1. The number of hydrogen-bond donors (Lipinski definition) is 2. The van der Waals surface area contributed by atoms with Gasteiger partial charge in [-0.2, -0.15) is 0 Å². The fraction of sp³-hybridized carbons (Fsp3) is 0.400. The summed E-state index contributed by atoms with van der Waals surface area (Å²) in [5.74, 6) is 4.59. The second kappa shape index (κ2) is 18.2. The van der Waals surface area contributed by atoms with E-state index in [1.807, 2.05) is 60.8 Å². The normalized spacial score (nSPS) is 16.9. The van der Waals surface area contributed by atoms with E-state index < -0.39 is 0 Å². The van der Waals surface area contributed by atoms with Crippen LogP contribution in [0.1, 0.15) is 36.8 Å². The van der Waals surface area contributed by atoms with Crippen molar-refractivity contribution in [3.05, 3.63) is 72.0 Å². The Morgan fingerprint density at radius 2 is 1.07 bits per heavy atom. The van der Waals surface area contributed by atoms with Gasteiger partial charge in [0.1, 0.15) is 0 Å². The van der Waals surface area contributed by atoms with Crippen molar-refractivity contribution in [3.8, 4) is 34.5 Å². The van der Waals surface area contributed by atoms with E-state index in [1.54, 1.807) is 54.8 Å². The van der Waals surface area contributed by atoms with Crippen molar-refractivity contribution in [3.63, 3.8) is 0 Å². The van der Waals surface area contributed by atoms with Gasteiger partial charge in [-0.25, -0.2) is 0 Å². The summed E-state index contributed by atoms with van der Waals surface area (Å²) >= 11 is 0. The Kier molecular flexibility index (Phi) is 14.1. The Morgan fingerprint density at radius 1 is 0.636 bits per heavy atom. The summed E-state index contributed by atoms with van der Waals surface area (Å²) in [6.07, 6.45) is 19.4. The highest BCUT2D eigenvalue weighted by Crippen LogP contribution is 2.39. The van der Waals surface area contributed by atoms with E-state index >= 15 is 0 Å². The average molecular weight is 607 g/mol. The molecule has 1 saturated carbocycles. The van der Waals surface area contributed by atoms with Gasteiger partial charge in [-0.15, -0.1) is 0 Å². The summed E-state index contributed by atoms with van der Waals surface area (Å²) in [6.45, 7) is 1.64. The van der Waals surface area contributed by atoms with E-state index in [9.17, 15) is 4.79 Å². The van der Waals surface area contributed by atoms with Crippen LogP contribution in [0.15, 0.2) is 60.8 Å². The maximum atomic E-state index is 12.3. The number of allylic oxidation sites excluding steroid dienone is 4. The first-order valence-electron chi connectivity index (χ1n) is 14.7. The second-order valence-corrected chi connectivity index (χ2v) is 10.4. The SMILES string of the molecule is COc1cc(/C=C/C=C/NCC2CCC(CNC(=O)/C=C/C=C/c3cc(OC)c(OC)c(OC)c3)CC2)cc(OC)c1OC. The average Bonchev–Trinajstić information content (AvgIpc) is 3.06. The Morgan fingerprint density at radius 3 is 1.50 bits per heavy atom. The van der Waals surface area contributed by atoms with Gasteiger partial charge in [0.25, 0.3) is 0 Å². The topological polar surface area (TPSA) is 96.5 Å². The molecule has 0 aromatic heterocycles. The molecule has 0 radical (unpaired) electrons. The quantitative estimate of drug-likeness (QED) is 0.176. The summed E-state index contributed by atoms with van der Waals surface area (Å²) < 4.78 is 32.3. The molecule has 2 N–H and O–H groups in total. The van der Waals surface area contributed by atoms with Crippen LogP contribution < -0.4 is 39.1 Å². The second-order valence-electron chi connectivity index (χ2n) is 10.4. The van der Waals surface area contributed by atoms with Crippen molar-refractivity contribution in [1.29, 1.82) is 0 Å². The molecule has 0 atom stereocenters. The lowest BCUT2D eigenvalue weighted by molar-refractivity contribution is -0.116. The Balaban J connectivity index is 1.35. The van der Waals surface area contributed by atoms with Crippen molar-refractivity contribution in [1.82, 2.24) is 10.6 Å². The number of hydrogen-bond acceptors (Lipinski definition) is 8. The van der Waals surface area contributed by atoms with Gasteiger partial charge >= 0.3 is 0 Å². The van der Waals surface area contributed by atoms with Gasteiger partial charge in [-0.1, -0.05) is 30.4 Å². The number of carbonyl (C=O) groups excluding carboxylic acids is 1. The molecule has 2 aromatic carbocycles. The summed E-state index contributed by atoms with van der Waals surface area (Å²) in [5, 5.41) is 6.47. The monoisotopic (exact) mass is 606 g/mol. The number of ether oxygens (including phenoxy) is 6. The number of carbonyl (C=O) groups is 1. The molecule has 0 aliphatic heterocycles. The zero-order valence-electron chi connectivity index (χ0n) is 26.7. The van der Waals surface area contributed by atoms with Crippen LogP contribution in [0, 0.1) is 11.8 Å². The lowest BCUT2D eigenvalue weighted by Crippen LogP contribution is -2.31. The Hall–Kier alpha value is -4.53. The fourth-order valence-electron chi connectivity index (χ4n) is 5.17. The van der Waals surface area contributed by atoms with Gasteiger partial charge in [0.2, 0.25) is 17.4 Å². The molecule has 0 unspecified atom stereocenters. The fourth-order valence-corrected chi connectivity index (χ4v) is 5.17. The minimum atomic E-state index is -0.0898. The van der Waals surface area contributed by atoms with Gasteiger partial charge < -0.3 is 39.1 Å². The zero-order chi connectivity index (χ0) is 31.7. The van der Waals surface area contributed by atoms with Crippen LogP contribution in [-0.2, 0) is 4.79 Å². The van der Waals surface area contributed by atoms with Crippen molar-refractivity contribution >= 4 is 18.1 Å². The molecule has 238 valence electrons. The maximum absolute atomic E-state index is 12.3. The van der Waals surface area contributed by atoms with E-state index in [4.69, 9.17) is 28.4 Å². The number of methoxy groups -OCH3 is 6. The highest BCUT2D eigenvalue weighted by atomic mass is 16.5. The predicted molar refractivity (Wildman–Crippen MR) is 175 cm³/mol. The van der Waals surface area contributed by atoms with Crippen molar-refractivity contribution in [2.75, 3.05) is 55.7 Å². The molecular weight excluding hydrogens is 560 g/mol. The smallest absolute Gasteiger partial charge is 0.243 e. The molecule has 1 aliphatic rings. The summed E-state index contributed by atoms with van der Waals surface area (Å²) in [7, 11) is 9.54. The molecule has 0 bridgehead atoms. The van der Waals surface area contributed by atoms with Gasteiger partial charge in [-0.05, 0) is 85.2 Å². The van der Waals surface area contributed by atoms with Crippen LogP contribution in [0.2, 0.25) is 0 Å². The summed E-state index contributed by atoms with van der Waals surface area (Å²) in [4.78, 5) is 12.3. The molecule has 2 aromatic rings. The first-order valence-corrected chi connectivity index (χ1v) is 14.7. The molecule has 1 fully saturated rings. The third-order valence-electron chi connectivity index (χ3n) is 7.57. The van der Waals surface area contributed by atoms with Gasteiger partial charge in [0.05, 0.1) is 42.7 Å². The van der Waals surface area contributed by atoms with Crippen molar-refractivity contribution in [2.24, 2.45) is 11.8 Å². The molecule has 9 heteroatoms. The lowest BCUT2D eigenvalue weighted by atomic mass is 9.82. The minimum absolute atomic E-state index is 0.0898. The highest BCUT2D eigenvalue weighted by molar-refractivity contribution is 5.87. The van der Waals surface area contributed by atoms with Crippen LogP contribution >= 0.6 is 0 Å². The van der Waals surface area contributed by atoms with Gasteiger partial charge in [-0.3, -0.25) is 4.79 Å². The van der Waals surface area contributed by atoms with Gasteiger partial charge in [0.15, 0.2) is 23.0 Å². The van der Waals surface area contributed by atoms with Crippen LogP contribution in [0.25, 0.3) is 12.2 Å². The summed E-state index contributed by atoms with van der Waals surface area (Å²) in [5.41, 5.74) is 1.83. The van der Waals surface area contributed by atoms with E-state index in [-0.39, 0.29) is 5.91 Å². The molecule has 1 amide bonds. The highest BCUT2D eigenvalue weighted by Gasteiger charge is 2.21. The van der Waals surface area contributed by atoms with E-state index in [1.165, 1.54) is 0 Å². The predicted octanol–water partition coefficient (Wildman–Crippen LogP) is 6.05. The first kappa shape index (κ1) is 34.0. The molecule has 0 spiro atoms. The number of benzene rings is 2. The third-order valence-corrected chi connectivity index (χ3v) is 7.57. The molecule has 9 nitrogen and oxygen atoms in total. The van der Waals surface area contributed by atoms with Crippen molar-refractivity contribution in [2.45, 2.75) is 25.7 Å². The van der Waals surface area contributed by atoms with Crippen LogP contribution in [0.5, 0.6) is 34.5 Å². The molecular formula is C35H46N2O7. The van der Waals surface area contributed by atoms with E-state index in [0.717, 1.165) is 43.4 Å². The first-order chi connectivity index (χ1) is 21.5. The molecule has 44 heavy (non-hydrogen) atoms. The Bertz CT molecular complexity index is 1270. The standard InChI is InChI=1S/C35H46N2O7/c1-39-29-19-27(20-30(40-2)34(29)43-5)11-7-8-13-33(38)37-24-26-16-14-25(15-17-26)23-36-18-10-9-12-28-21-31(41-3)35(44-6)32(22-28)42-4/h7-13,18-22,25-26,36H,14-17,23-24H2,1-6H3,(H,37,38)/b11-7+,12-9+,13-8+,18-10+. The van der Waals surface area contributed by atoms with Crippen LogP contribution in [-0.4, -0.2) is 61.7 Å². The van der Waals surface area contributed by atoms with E-state index in [0.29, 0.717) is 52.9 Å². The third kappa shape index (κ3) is 10.0. The molecule has 0 saturated heterocycles. The van der Waals surface area contributed by atoms with Gasteiger partial charge in [0, 0.05) is 19.2 Å². The number of nitrogens with one attached hydrogen (secondary N) is 2. The molecule has 3 rings (SSSR count). The minimum Gasteiger partial charge on any atom is -0.493 e. The van der Waals surface area contributed by atoms with E-state index in [2.05, 4.69) is 10.6 Å². The largest absolute Gasteiger partial charge is 0.493 e.